The molecule has 0 aliphatic rings. The third kappa shape index (κ3) is 2.44. The monoisotopic (exact) mass is 237 g/mol. The van der Waals surface area contributed by atoms with Crippen molar-refractivity contribution >= 4 is 24.0 Å². The first-order valence-electron chi connectivity index (χ1n) is 3.89. The van der Waals surface area contributed by atoms with Crippen LogP contribution in [0.5, 0.6) is 11.5 Å². The number of phenols is 1. The molecule has 80 valence electrons. The maximum absolute atomic E-state index is 9.59. The lowest BCUT2D eigenvalue weighted by Gasteiger charge is -2.13. The van der Waals surface area contributed by atoms with E-state index in [1.807, 2.05) is 0 Å². The Labute approximate surface area is 94.2 Å². The molecule has 3 nitrogen and oxygen atoms in total. The molecule has 0 saturated heterocycles. The molecule has 0 unspecified atom stereocenters. The smallest absolute Gasteiger partial charge is 0.142 e. The van der Waals surface area contributed by atoms with Crippen LogP contribution < -0.4 is 10.5 Å². The van der Waals surface area contributed by atoms with Gasteiger partial charge in [-0.3, -0.25) is 0 Å². The van der Waals surface area contributed by atoms with Crippen molar-refractivity contribution in [2.45, 2.75) is 13.0 Å². The molecule has 0 bridgehead atoms. The lowest BCUT2D eigenvalue weighted by atomic mass is 10.1. The maximum atomic E-state index is 9.59. The number of benzene rings is 1. The number of halogens is 2. The summed E-state index contributed by atoms with van der Waals surface area (Å²) < 4.78 is 5.04. The van der Waals surface area contributed by atoms with Crippen molar-refractivity contribution in [1.82, 2.24) is 0 Å². The van der Waals surface area contributed by atoms with Crippen LogP contribution in [0.15, 0.2) is 12.1 Å². The van der Waals surface area contributed by atoms with Gasteiger partial charge in [0.2, 0.25) is 0 Å². The van der Waals surface area contributed by atoms with Gasteiger partial charge in [0.25, 0.3) is 0 Å². The van der Waals surface area contributed by atoms with Gasteiger partial charge in [0.15, 0.2) is 0 Å². The van der Waals surface area contributed by atoms with Crippen LogP contribution in [0.1, 0.15) is 18.5 Å². The molecule has 3 N–H and O–H groups in total. The Morgan fingerprint density at radius 2 is 2.07 bits per heavy atom. The normalized spacial score (nSPS) is 11.7. The quantitative estimate of drug-likeness (QED) is 0.832. The molecule has 1 aromatic carbocycles. The molecule has 0 amide bonds. The number of rotatable bonds is 2. The van der Waals surface area contributed by atoms with E-state index in [2.05, 4.69) is 0 Å². The van der Waals surface area contributed by atoms with Crippen molar-refractivity contribution < 1.29 is 9.84 Å². The van der Waals surface area contributed by atoms with Crippen molar-refractivity contribution in [2.75, 3.05) is 7.11 Å². The third-order valence-electron chi connectivity index (χ3n) is 1.80. The third-order valence-corrected chi connectivity index (χ3v) is 2.11. The van der Waals surface area contributed by atoms with E-state index in [0.29, 0.717) is 11.3 Å². The van der Waals surface area contributed by atoms with Crippen LogP contribution in [-0.4, -0.2) is 12.2 Å². The average Bonchev–Trinajstić information content (AvgIpc) is 2.08. The van der Waals surface area contributed by atoms with Crippen LogP contribution in [-0.2, 0) is 0 Å². The zero-order chi connectivity index (χ0) is 10.0. The first kappa shape index (κ1) is 13.4. The molecule has 0 saturated carbocycles. The van der Waals surface area contributed by atoms with Gasteiger partial charge in [-0.2, -0.15) is 0 Å². The number of hydrogen-bond donors (Lipinski definition) is 2. The summed E-state index contributed by atoms with van der Waals surface area (Å²) in [4.78, 5) is 0. The molecule has 0 aromatic heterocycles. The van der Waals surface area contributed by atoms with Crippen molar-refractivity contribution in [1.29, 1.82) is 0 Å². The number of hydrogen-bond acceptors (Lipinski definition) is 3. The average molecular weight is 238 g/mol. The molecule has 1 rings (SSSR count). The highest BCUT2D eigenvalue weighted by Gasteiger charge is 2.15. The highest BCUT2D eigenvalue weighted by atomic mass is 35.5. The van der Waals surface area contributed by atoms with Gasteiger partial charge in [0.1, 0.15) is 11.5 Å². The van der Waals surface area contributed by atoms with Crippen LogP contribution in [0.2, 0.25) is 5.02 Å². The summed E-state index contributed by atoms with van der Waals surface area (Å²) in [6, 6.07) is 2.94. The van der Waals surface area contributed by atoms with E-state index in [-0.39, 0.29) is 29.2 Å². The molecule has 0 spiro atoms. The van der Waals surface area contributed by atoms with Gasteiger partial charge in [-0.1, -0.05) is 11.6 Å². The van der Waals surface area contributed by atoms with Gasteiger partial charge in [-0.15, -0.1) is 12.4 Å². The van der Waals surface area contributed by atoms with Crippen molar-refractivity contribution in [3.8, 4) is 11.5 Å². The molecular formula is C9H13Cl2NO2. The van der Waals surface area contributed by atoms with Gasteiger partial charge < -0.3 is 15.6 Å². The summed E-state index contributed by atoms with van der Waals surface area (Å²) in [5.74, 6) is 0.549. The van der Waals surface area contributed by atoms with E-state index in [9.17, 15) is 5.11 Å². The summed E-state index contributed by atoms with van der Waals surface area (Å²) in [5.41, 5.74) is 6.20. The van der Waals surface area contributed by atoms with E-state index in [0.717, 1.165) is 0 Å². The predicted molar refractivity (Wildman–Crippen MR) is 59.5 cm³/mol. The Kier molecular flexibility index (Phi) is 5.05. The van der Waals surface area contributed by atoms with E-state index in [1.54, 1.807) is 19.1 Å². The summed E-state index contributed by atoms with van der Waals surface area (Å²) in [7, 11) is 1.52. The van der Waals surface area contributed by atoms with Gasteiger partial charge in [-0.05, 0) is 19.1 Å². The Morgan fingerprint density at radius 1 is 1.50 bits per heavy atom. The summed E-state index contributed by atoms with van der Waals surface area (Å²) in [5, 5.41) is 9.87. The lowest BCUT2D eigenvalue weighted by Crippen LogP contribution is -2.07. The summed E-state index contributed by atoms with van der Waals surface area (Å²) in [6.07, 6.45) is 0. The van der Waals surface area contributed by atoms with Gasteiger partial charge in [0, 0.05) is 6.04 Å². The van der Waals surface area contributed by atoms with Crippen molar-refractivity contribution in [2.24, 2.45) is 5.73 Å². The molecular weight excluding hydrogens is 225 g/mol. The molecule has 1 atom stereocenters. The molecule has 0 aliphatic heterocycles. The minimum atomic E-state index is -0.311. The standard InChI is InChI=1S/C9H12ClNO2.ClH/c1-5(11)8-7(13-2)4-3-6(10)9(8)12;/h3-5,12H,11H2,1-2H3;1H/t5-;/m0./s1. The second kappa shape index (κ2) is 5.29. The first-order chi connectivity index (χ1) is 6.07. The van der Waals surface area contributed by atoms with Crippen LogP contribution >= 0.6 is 24.0 Å². The molecule has 0 fully saturated rings. The summed E-state index contributed by atoms with van der Waals surface area (Å²) >= 11 is 5.73. The van der Waals surface area contributed by atoms with E-state index in [4.69, 9.17) is 22.1 Å². The predicted octanol–water partition coefficient (Wildman–Crippen LogP) is 2.50. The Bertz CT molecular complexity index is 316. The van der Waals surface area contributed by atoms with Crippen molar-refractivity contribution in [3.05, 3.63) is 22.7 Å². The molecule has 0 radical (unpaired) electrons. The molecule has 14 heavy (non-hydrogen) atoms. The van der Waals surface area contributed by atoms with Crippen LogP contribution in [0, 0.1) is 0 Å². The Hall–Kier alpha value is -0.640. The fourth-order valence-electron chi connectivity index (χ4n) is 1.18. The zero-order valence-electron chi connectivity index (χ0n) is 7.95. The zero-order valence-corrected chi connectivity index (χ0v) is 9.52. The number of phenolic OH excluding ortho intramolecular Hbond substituents is 1. The molecule has 1 aromatic rings. The molecule has 0 aliphatic carbocycles. The fourth-order valence-corrected chi connectivity index (χ4v) is 1.35. The van der Waals surface area contributed by atoms with Crippen LogP contribution in [0.3, 0.4) is 0 Å². The topological polar surface area (TPSA) is 55.5 Å². The first-order valence-corrected chi connectivity index (χ1v) is 4.26. The van der Waals surface area contributed by atoms with Gasteiger partial charge in [-0.25, -0.2) is 0 Å². The van der Waals surface area contributed by atoms with E-state index in [1.165, 1.54) is 7.11 Å². The lowest BCUT2D eigenvalue weighted by molar-refractivity contribution is 0.395. The number of ether oxygens (including phenoxy) is 1. The van der Waals surface area contributed by atoms with Crippen LogP contribution in [0.4, 0.5) is 0 Å². The van der Waals surface area contributed by atoms with Gasteiger partial charge in [0.05, 0.1) is 17.7 Å². The highest BCUT2D eigenvalue weighted by molar-refractivity contribution is 6.32. The second-order valence-electron chi connectivity index (χ2n) is 2.80. The van der Waals surface area contributed by atoms with Gasteiger partial charge >= 0.3 is 0 Å². The van der Waals surface area contributed by atoms with Crippen molar-refractivity contribution in [3.63, 3.8) is 0 Å². The van der Waals surface area contributed by atoms with Crippen LogP contribution in [0.25, 0.3) is 0 Å². The molecule has 0 heterocycles. The maximum Gasteiger partial charge on any atom is 0.142 e. The number of aromatic hydroxyl groups is 1. The number of methoxy groups -OCH3 is 1. The summed E-state index contributed by atoms with van der Waals surface area (Å²) in [6.45, 7) is 1.76. The fraction of sp³-hybridized carbons (Fsp3) is 0.333. The van der Waals surface area contributed by atoms with E-state index < -0.39 is 0 Å². The highest BCUT2D eigenvalue weighted by Crippen LogP contribution is 2.37. The Balaban J connectivity index is 0.00000169. The minimum absolute atomic E-state index is 0. The second-order valence-corrected chi connectivity index (χ2v) is 3.21. The minimum Gasteiger partial charge on any atom is -0.506 e. The molecule has 5 heteroatoms. The largest absolute Gasteiger partial charge is 0.506 e. The number of nitrogens with two attached hydrogens (primary N) is 1. The Morgan fingerprint density at radius 3 is 2.50 bits per heavy atom. The van der Waals surface area contributed by atoms with E-state index >= 15 is 0 Å². The SMILES string of the molecule is COc1ccc(Cl)c(O)c1[C@H](C)N.Cl.